The van der Waals surface area contributed by atoms with Crippen molar-refractivity contribution < 1.29 is 9.47 Å². The van der Waals surface area contributed by atoms with Crippen molar-refractivity contribution in [1.29, 1.82) is 0 Å². The first kappa shape index (κ1) is 65.4. The number of hydrogen-bond donors (Lipinski definition) is 0. The third kappa shape index (κ3) is 10.8. The van der Waals surface area contributed by atoms with E-state index in [0.717, 1.165) is 96.1 Å². The minimum absolute atomic E-state index is 0.117. The zero-order valence-electron chi connectivity index (χ0n) is 61.9. The quantitative estimate of drug-likeness (QED) is 0.142. The molecule has 0 unspecified atom stereocenters. The largest absolute Gasteiger partial charge is 0.457 e. The van der Waals surface area contributed by atoms with E-state index in [-0.39, 0.29) is 28.4 Å². The third-order valence-electron chi connectivity index (χ3n) is 22.6. The van der Waals surface area contributed by atoms with E-state index in [2.05, 4.69) is 392 Å². The molecule has 4 heterocycles. The average Bonchev–Trinajstić information content (AvgIpc) is 0.699. The summed E-state index contributed by atoms with van der Waals surface area (Å²) in [4.78, 5) is 5.28. The first-order valence-electron chi connectivity index (χ1n) is 36.8. The Bertz CT molecular complexity index is 5440. The molecule has 506 valence electrons. The van der Waals surface area contributed by atoms with Gasteiger partial charge >= 0.3 is 0 Å². The SMILES string of the molecule is CC(C)(C)c1cc(-c2ccccc2N2c3ccc(-c4ccccc4)cc3B3c4cc5c(cc4N(c4ccccc4-c4cc(C(C)(C)C)cc(C(C)(C)C)c4)c4cc(-c6ccc7c(c6)C(c6ccccc6)(c6ccccc6)c6ccccc6O7)cc2c43)Oc2ccccc2C5(C)C)cc(C(C)(C)C)c1. The van der Waals surface area contributed by atoms with Gasteiger partial charge in [0, 0.05) is 67.6 Å². The van der Waals surface area contributed by atoms with Gasteiger partial charge in [0.15, 0.2) is 0 Å². The predicted molar refractivity (Wildman–Crippen MR) is 434 cm³/mol. The Morgan fingerprint density at radius 2 is 0.689 bits per heavy atom. The lowest BCUT2D eigenvalue weighted by atomic mass is 9.33. The summed E-state index contributed by atoms with van der Waals surface area (Å²) in [5.41, 5.74) is 29.8. The number of para-hydroxylation sites is 4. The van der Waals surface area contributed by atoms with E-state index in [4.69, 9.17) is 9.47 Å². The summed E-state index contributed by atoms with van der Waals surface area (Å²) in [6, 6.07) is 108. The molecule has 0 bridgehead atoms. The second-order valence-electron chi connectivity index (χ2n) is 33.7. The second kappa shape index (κ2) is 23.9. The molecule has 103 heavy (non-hydrogen) atoms. The van der Waals surface area contributed by atoms with Crippen LogP contribution in [0.2, 0.25) is 0 Å². The van der Waals surface area contributed by atoms with Gasteiger partial charge < -0.3 is 19.3 Å². The van der Waals surface area contributed by atoms with Crippen molar-refractivity contribution in [3.05, 3.63) is 341 Å². The molecule has 4 aliphatic rings. The molecule has 0 saturated carbocycles. The van der Waals surface area contributed by atoms with Gasteiger partial charge in [0.05, 0.1) is 16.8 Å². The fourth-order valence-electron chi connectivity index (χ4n) is 16.9. The van der Waals surface area contributed by atoms with Gasteiger partial charge in [-0.1, -0.05) is 321 Å². The molecule has 17 rings (SSSR count). The maximum Gasteiger partial charge on any atom is 0.252 e. The molecule has 4 nitrogen and oxygen atoms in total. The van der Waals surface area contributed by atoms with Crippen LogP contribution < -0.4 is 35.7 Å². The van der Waals surface area contributed by atoms with Crippen LogP contribution >= 0.6 is 0 Å². The van der Waals surface area contributed by atoms with Crippen LogP contribution in [0.5, 0.6) is 23.0 Å². The number of rotatable bonds is 8. The number of fused-ring (bicyclic) bond motifs is 8. The van der Waals surface area contributed by atoms with E-state index in [9.17, 15) is 0 Å². The highest BCUT2D eigenvalue weighted by Gasteiger charge is 2.49. The third-order valence-corrected chi connectivity index (χ3v) is 22.6. The van der Waals surface area contributed by atoms with Crippen molar-refractivity contribution in [2.75, 3.05) is 9.80 Å². The summed E-state index contributed by atoms with van der Waals surface area (Å²) in [5, 5.41) is 0. The van der Waals surface area contributed by atoms with E-state index >= 15 is 0 Å². The summed E-state index contributed by atoms with van der Waals surface area (Å²) >= 11 is 0. The molecule has 4 aliphatic heterocycles. The minimum atomic E-state index is -0.757. The fraction of sp³-hybridized carbons (Fsp3) is 0.204. The summed E-state index contributed by atoms with van der Waals surface area (Å²) in [6.45, 7) is 32.6. The zero-order chi connectivity index (χ0) is 71.3. The van der Waals surface area contributed by atoms with Gasteiger partial charge in [-0.15, -0.1) is 0 Å². The molecule has 0 fully saturated rings. The van der Waals surface area contributed by atoms with Crippen LogP contribution in [0.4, 0.5) is 34.1 Å². The van der Waals surface area contributed by atoms with Crippen molar-refractivity contribution in [3.63, 3.8) is 0 Å². The minimum Gasteiger partial charge on any atom is -0.457 e. The Balaban J connectivity index is 1.03. The second-order valence-corrected chi connectivity index (χ2v) is 33.7. The van der Waals surface area contributed by atoms with Crippen molar-refractivity contribution >= 4 is 57.2 Å². The van der Waals surface area contributed by atoms with E-state index in [1.165, 1.54) is 77.6 Å². The topological polar surface area (TPSA) is 24.9 Å². The highest BCUT2D eigenvalue weighted by molar-refractivity contribution is 7.00. The lowest BCUT2D eigenvalue weighted by Crippen LogP contribution is -2.61. The van der Waals surface area contributed by atoms with Crippen molar-refractivity contribution in [3.8, 4) is 67.5 Å². The molecule has 5 heteroatoms. The Hall–Kier alpha value is -10.9. The molecule has 0 spiro atoms. The van der Waals surface area contributed by atoms with Crippen LogP contribution in [0.1, 0.15) is 153 Å². The lowest BCUT2D eigenvalue weighted by Gasteiger charge is -2.46. The molecular formula is C98H89BN2O2. The zero-order valence-corrected chi connectivity index (χ0v) is 61.9. The smallest absolute Gasteiger partial charge is 0.252 e. The van der Waals surface area contributed by atoms with E-state index in [0.29, 0.717) is 0 Å². The van der Waals surface area contributed by atoms with Crippen LogP contribution in [0.3, 0.4) is 0 Å². The lowest BCUT2D eigenvalue weighted by molar-refractivity contribution is 0.418. The van der Waals surface area contributed by atoms with Gasteiger partial charge in [-0.05, 0) is 159 Å². The van der Waals surface area contributed by atoms with E-state index < -0.39 is 10.8 Å². The molecule has 0 N–H and O–H groups in total. The summed E-state index contributed by atoms with van der Waals surface area (Å²) in [7, 11) is 0. The maximum atomic E-state index is 7.33. The van der Waals surface area contributed by atoms with Crippen molar-refractivity contribution in [2.24, 2.45) is 0 Å². The molecule has 0 atom stereocenters. The van der Waals surface area contributed by atoms with Crippen LogP contribution in [0.25, 0.3) is 44.5 Å². The van der Waals surface area contributed by atoms with Crippen molar-refractivity contribution in [2.45, 2.75) is 129 Å². The molecular weight excluding hydrogens is 1250 g/mol. The normalized spacial score (nSPS) is 14.6. The first-order chi connectivity index (χ1) is 49.3. The van der Waals surface area contributed by atoms with Crippen LogP contribution in [-0.2, 0) is 32.5 Å². The molecule has 0 radical (unpaired) electrons. The predicted octanol–water partition coefficient (Wildman–Crippen LogP) is 24.5. The van der Waals surface area contributed by atoms with Gasteiger partial charge in [-0.2, -0.15) is 0 Å². The Labute approximate surface area is 610 Å². The van der Waals surface area contributed by atoms with Gasteiger partial charge in [0.2, 0.25) is 0 Å². The highest BCUT2D eigenvalue weighted by atomic mass is 16.5. The Kier molecular flexibility index (Phi) is 15.2. The van der Waals surface area contributed by atoms with E-state index in [1.807, 2.05) is 0 Å². The summed E-state index contributed by atoms with van der Waals surface area (Å²) < 4.78 is 14.5. The van der Waals surface area contributed by atoms with Crippen LogP contribution in [0, 0.1) is 0 Å². The average molecular weight is 1340 g/mol. The maximum absolute atomic E-state index is 7.33. The fourth-order valence-corrected chi connectivity index (χ4v) is 16.9. The number of ether oxygens (including phenoxy) is 2. The van der Waals surface area contributed by atoms with Crippen LogP contribution in [0.15, 0.2) is 285 Å². The molecule has 13 aromatic carbocycles. The van der Waals surface area contributed by atoms with Crippen molar-refractivity contribution in [1.82, 2.24) is 0 Å². The summed E-state index contributed by atoms with van der Waals surface area (Å²) in [5.74, 6) is 3.42. The molecule has 0 aromatic heterocycles. The van der Waals surface area contributed by atoms with Gasteiger partial charge in [0.25, 0.3) is 6.71 Å². The monoisotopic (exact) mass is 1340 g/mol. The number of nitrogens with zero attached hydrogens (tertiary/aromatic N) is 2. The van der Waals surface area contributed by atoms with Crippen LogP contribution in [-0.4, -0.2) is 6.71 Å². The number of hydrogen-bond acceptors (Lipinski definition) is 4. The summed E-state index contributed by atoms with van der Waals surface area (Å²) in [6.07, 6.45) is 0. The number of anilines is 6. The Morgan fingerprint density at radius 1 is 0.272 bits per heavy atom. The first-order valence-corrected chi connectivity index (χ1v) is 36.8. The number of benzene rings is 13. The van der Waals surface area contributed by atoms with Gasteiger partial charge in [0.1, 0.15) is 23.0 Å². The molecule has 0 aliphatic carbocycles. The highest BCUT2D eigenvalue weighted by Crippen LogP contribution is 2.59. The molecule has 0 saturated heterocycles. The molecule has 13 aromatic rings. The van der Waals surface area contributed by atoms with Gasteiger partial charge in [-0.25, -0.2) is 0 Å². The molecule has 0 amide bonds. The van der Waals surface area contributed by atoms with E-state index in [1.54, 1.807) is 0 Å². The van der Waals surface area contributed by atoms with Gasteiger partial charge in [-0.3, -0.25) is 0 Å². The standard InChI is InChI=1S/C98H89BN2O2/c1-93(2,3)70-50-66(51-71(58-70)94(4,5)6)74-38-24-28-42-82(74)100-84-48-46-64(62-32-18-15-19-33-62)55-80(84)99-81-60-78-91(103-88-44-30-26-40-76(88)97(78,13)14)61-85(81)101(83-43-29-25-39-75(83)67-52-72(95(7,8)9)59-73(53-67)96(10,11)12)87-57-65(56-86(100)92(87)99)63-47-49-90-79(54-63)98(68-34-20-16-21-35-68,69-36-22-17-23-37-69)77-41-27-31-45-89(77)102-90/h15-61H,1-14H3. The Morgan fingerprint density at radius 3 is 1.22 bits per heavy atom.